The van der Waals surface area contributed by atoms with Gasteiger partial charge in [0.2, 0.25) is 0 Å². The molecule has 0 aliphatic carbocycles. The maximum Gasteiger partial charge on any atom is -0.0412 e. The van der Waals surface area contributed by atoms with E-state index in [-0.39, 0.29) is 0 Å². The van der Waals surface area contributed by atoms with Crippen molar-refractivity contribution in [1.29, 1.82) is 0 Å². The Kier molecular flexibility index (Phi) is 15.4. The zero-order valence-electron chi connectivity index (χ0n) is 15.1. The van der Waals surface area contributed by atoms with Crippen molar-refractivity contribution in [1.82, 2.24) is 0 Å². The molecule has 0 spiro atoms. The highest BCUT2D eigenvalue weighted by atomic mass is 14.2. The summed E-state index contributed by atoms with van der Waals surface area (Å²) < 4.78 is 0. The third kappa shape index (κ3) is 11.8. The summed E-state index contributed by atoms with van der Waals surface area (Å²) in [5.74, 6) is 2.03. The predicted octanol–water partition coefficient (Wildman–Crippen LogP) is 7.76. The smallest absolute Gasteiger partial charge is 0.0412 e. The summed E-state index contributed by atoms with van der Waals surface area (Å²) in [4.78, 5) is 0. The van der Waals surface area contributed by atoms with Crippen molar-refractivity contribution >= 4 is 0 Å². The first-order valence-corrected chi connectivity index (χ1v) is 9.78. The summed E-state index contributed by atoms with van der Waals surface area (Å²) in [6.45, 7) is 9.39. The van der Waals surface area contributed by atoms with Gasteiger partial charge in [-0.2, -0.15) is 0 Å². The van der Waals surface area contributed by atoms with Crippen LogP contribution in [0.4, 0.5) is 0 Å². The van der Waals surface area contributed by atoms with Crippen LogP contribution in [0.5, 0.6) is 0 Å². The van der Waals surface area contributed by atoms with Gasteiger partial charge in [-0.15, -0.1) is 0 Å². The van der Waals surface area contributed by atoms with Crippen molar-refractivity contribution in [2.45, 2.75) is 118 Å². The van der Waals surface area contributed by atoms with Crippen LogP contribution < -0.4 is 0 Å². The highest BCUT2D eigenvalue weighted by molar-refractivity contribution is 4.66. The molecular formula is C20H42. The maximum atomic E-state index is 2.41. The second-order valence-electron chi connectivity index (χ2n) is 6.86. The van der Waals surface area contributed by atoms with Crippen LogP contribution in [0.15, 0.2) is 0 Å². The monoisotopic (exact) mass is 282 g/mol. The minimum absolute atomic E-state index is 1.01. The predicted molar refractivity (Wildman–Crippen MR) is 94.3 cm³/mol. The topological polar surface area (TPSA) is 0 Å². The van der Waals surface area contributed by atoms with Crippen molar-refractivity contribution in [2.75, 3.05) is 0 Å². The average Bonchev–Trinajstić information content (AvgIpc) is 2.47. The van der Waals surface area contributed by atoms with Gasteiger partial charge < -0.3 is 0 Å². The van der Waals surface area contributed by atoms with Crippen LogP contribution in [0.2, 0.25) is 0 Å². The van der Waals surface area contributed by atoms with E-state index in [1.165, 1.54) is 89.9 Å². The van der Waals surface area contributed by atoms with Gasteiger partial charge in [-0.3, -0.25) is 0 Å². The summed E-state index contributed by atoms with van der Waals surface area (Å²) in [5.41, 5.74) is 0. The molecule has 0 aromatic heterocycles. The summed E-state index contributed by atoms with van der Waals surface area (Å²) in [7, 11) is 0. The molecule has 2 atom stereocenters. The van der Waals surface area contributed by atoms with Crippen molar-refractivity contribution in [2.24, 2.45) is 11.8 Å². The molecule has 0 aliphatic heterocycles. The van der Waals surface area contributed by atoms with E-state index in [0.29, 0.717) is 0 Å². The molecule has 0 fully saturated rings. The Labute approximate surface area is 130 Å². The maximum absolute atomic E-state index is 2.41. The van der Waals surface area contributed by atoms with Crippen LogP contribution in [0.3, 0.4) is 0 Å². The van der Waals surface area contributed by atoms with Crippen LogP contribution >= 0.6 is 0 Å². The van der Waals surface area contributed by atoms with Gasteiger partial charge >= 0.3 is 0 Å². The van der Waals surface area contributed by atoms with E-state index in [9.17, 15) is 0 Å². The van der Waals surface area contributed by atoms with E-state index in [1.54, 1.807) is 0 Å². The van der Waals surface area contributed by atoms with Gasteiger partial charge in [0, 0.05) is 0 Å². The molecule has 0 heterocycles. The summed E-state index contributed by atoms with van der Waals surface area (Å²) in [5, 5.41) is 0. The fourth-order valence-corrected chi connectivity index (χ4v) is 3.45. The van der Waals surface area contributed by atoms with Gasteiger partial charge in [-0.05, 0) is 18.3 Å². The molecule has 0 N–H and O–H groups in total. The molecular weight excluding hydrogens is 240 g/mol. The third-order valence-corrected chi connectivity index (χ3v) is 4.87. The van der Waals surface area contributed by atoms with Crippen molar-refractivity contribution < 1.29 is 0 Å². The van der Waals surface area contributed by atoms with Crippen LogP contribution in [0.1, 0.15) is 118 Å². The molecule has 0 saturated carbocycles. The third-order valence-electron chi connectivity index (χ3n) is 4.87. The lowest BCUT2D eigenvalue weighted by Gasteiger charge is -2.22. The Balaban J connectivity index is 3.79. The Hall–Kier alpha value is 0. The quantitative estimate of drug-likeness (QED) is 0.269. The highest BCUT2D eigenvalue weighted by Gasteiger charge is 2.14. The van der Waals surface area contributed by atoms with Gasteiger partial charge in [0.05, 0.1) is 0 Å². The Bertz CT molecular complexity index is 173. The van der Waals surface area contributed by atoms with Crippen molar-refractivity contribution in [3.8, 4) is 0 Å². The zero-order chi connectivity index (χ0) is 15.1. The summed E-state index contributed by atoms with van der Waals surface area (Å²) in [6, 6.07) is 0. The molecule has 122 valence electrons. The second-order valence-corrected chi connectivity index (χ2v) is 6.86. The lowest BCUT2D eigenvalue weighted by molar-refractivity contribution is 0.301. The lowest BCUT2D eigenvalue weighted by Crippen LogP contribution is -2.09. The van der Waals surface area contributed by atoms with Crippen LogP contribution in [0, 0.1) is 11.8 Å². The molecule has 0 aliphatic rings. The van der Waals surface area contributed by atoms with Crippen LogP contribution in [-0.4, -0.2) is 0 Å². The SMILES string of the molecule is CCCCCCCCC(CC)CC(CCC)CCCC. The van der Waals surface area contributed by atoms with E-state index in [4.69, 9.17) is 0 Å². The first-order valence-electron chi connectivity index (χ1n) is 9.78. The molecule has 0 saturated heterocycles. The zero-order valence-corrected chi connectivity index (χ0v) is 15.1. The van der Waals surface area contributed by atoms with Crippen LogP contribution in [0.25, 0.3) is 0 Å². The first-order chi connectivity index (χ1) is 9.78. The van der Waals surface area contributed by atoms with E-state index < -0.39 is 0 Å². The average molecular weight is 283 g/mol. The Morgan fingerprint density at radius 2 is 1.10 bits per heavy atom. The van der Waals surface area contributed by atoms with E-state index >= 15 is 0 Å². The fraction of sp³-hybridized carbons (Fsp3) is 1.00. The summed E-state index contributed by atoms with van der Waals surface area (Å²) >= 11 is 0. The Morgan fingerprint density at radius 3 is 1.70 bits per heavy atom. The fourth-order valence-electron chi connectivity index (χ4n) is 3.45. The molecule has 0 radical (unpaired) electrons. The normalized spacial score (nSPS) is 14.4. The summed E-state index contributed by atoms with van der Waals surface area (Å²) in [6.07, 6.45) is 20.2. The van der Waals surface area contributed by atoms with Gasteiger partial charge in [0.25, 0.3) is 0 Å². The molecule has 0 amide bonds. The molecule has 0 bridgehead atoms. The highest BCUT2D eigenvalue weighted by Crippen LogP contribution is 2.28. The van der Waals surface area contributed by atoms with Crippen molar-refractivity contribution in [3.05, 3.63) is 0 Å². The lowest BCUT2D eigenvalue weighted by atomic mass is 9.84. The van der Waals surface area contributed by atoms with Gasteiger partial charge in [0.1, 0.15) is 0 Å². The first kappa shape index (κ1) is 20.0. The molecule has 0 aromatic carbocycles. The molecule has 20 heavy (non-hydrogen) atoms. The minimum Gasteiger partial charge on any atom is -0.0654 e. The minimum atomic E-state index is 1.01. The molecule has 0 heteroatoms. The van der Waals surface area contributed by atoms with E-state index in [1.807, 2.05) is 0 Å². The second kappa shape index (κ2) is 15.4. The van der Waals surface area contributed by atoms with Crippen molar-refractivity contribution in [3.63, 3.8) is 0 Å². The van der Waals surface area contributed by atoms with Crippen LogP contribution in [-0.2, 0) is 0 Å². The van der Waals surface area contributed by atoms with Gasteiger partial charge in [-0.25, -0.2) is 0 Å². The molecule has 2 unspecified atom stereocenters. The standard InChI is InChI=1S/C20H42/c1-5-9-11-12-13-14-17-19(8-4)18-20(15-7-3)16-10-6-2/h19-20H,5-18H2,1-4H3. The van der Waals surface area contributed by atoms with Gasteiger partial charge in [-0.1, -0.05) is 111 Å². The Morgan fingerprint density at radius 1 is 0.500 bits per heavy atom. The molecule has 0 nitrogen and oxygen atoms in total. The molecule has 0 rings (SSSR count). The van der Waals surface area contributed by atoms with E-state index in [0.717, 1.165) is 11.8 Å². The van der Waals surface area contributed by atoms with Gasteiger partial charge in [0.15, 0.2) is 0 Å². The van der Waals surface area contributed by atoms with E-state index in [2.05, 4.69) is 27.7 Å². The number of hydrogen-bond donors (Lipinski definition) is 0. The number of hydrogen-bond acceptors (Lipinski definition) is 0. The number of unbranched alkanes of at least 4 members (excludes halogenated alkanes) is 6. The molecule has 0 aromatic rings. The number of rotatable bonds is 15. The largest absolute Gasteiger partial charge is 0.0654 e.